The number of benzene rings is 2. The molecule has 0 unspecified atom stereocenters. The van der Waals surface area contributed by atoms with Crippen LogP contribution in [0.1, 0.15) is 42.5 Å². The highest BCUT2D eigenvalue weighted by molar-refractivity contribution is 8.00. The Labute approximate surface area is 184 Å². The SMILES string of the molecule is O=C(CSc1ccc(NC(=O)C2CCCCC2)cc1)Nc1cc(C(=O)O)ccc1Cl. The van der Waals surface area contributed by atoms with Crippen LogP contribution in [0.25, 0.3) is 0 Å². The fourth-order valence-electron chi connectivity index (χ4n) is 3.33. The number of aromatic carboxylic acids is 1. The van der Waals surface area contributed by atoms with Crippen LogP contribution in [-0.2, 0) is 9.59 Å². The van der Waals surface area contributed by atoms with Crippen molar-refractivity contribution < 1.29 is 19.5 Å². The van der Waals surface area contributed by atoms with Crippen molar-refractivity contribution >= 4 is 52.5 Å². The monoisotopic (exact) mass is 446 g/mol. The summed E-state index contributed by atoms with van der Waals surface area (Å²) in [7, 11) is 0. The van der Waals surface area contributed by atoms with Gasteiger partial charge in [0, 0.05) is 16.5 Å². The zero-order chi connectivity index (χ0) is 21.5. The molecule has 8 heteroatoms. The van der Waals surface area contributed by atoms with E-state index in [1.807, 2.05) is 24.3 Å². The molecular weight excluding hydrogens is 424 g/mol. The number of rotatable bonds is 7. The minimum absolute atomic E-state index is 0.0493. The molecule has 0 radical (unpaired) electrons. The van der Waals surface area contributed by atoms with E-state index in [0.29, 0.717) is 0 Å². The number of nitrogens with one attached hydrogen (secondary N) is 2. The first-order valence-electron chi connectivity index (χ1n) is 9.79. The minimum atomic E-state index is -1.09. The molecule has 0 bridgehead atoms. The summed E-state index contributed by atoms with van der Waals surface area (Å²) < 4.78 is 0. The topological polar surface area (TPSA) is 95.5 Å². The number of carboxylic acid groups (broad SMARTS) is 1. The maximum absolute atomic E-state index is 12.3. The summed E-state index contributed by atoms with van der Waals surface area (Å²) in [6.45, 7) is 0. The molecule has 1 aliphatic rings. The van der Waals surface area contributed by atoms with Crippen molar-refractivity contribution in [3.63, 3.8) is 0 Å². The number of halogens is 1. The van der Waals surface area contributed by atoms with Crippen molar-refractivity contribution in [2.24, 2.45) is 5.92 Å². The van der Waals surface area contributed by atoms with Crippen LogP contribution in [0.4, 0.5) is 11.4 Å². The molecule has 30 heavy (non-hydrogen) atoms. The molecular formula is C22H23ClN2O4S. The van der Waals surface area contributed by atoms with Gasteiger partial charge in [-0.05, 0) is 55.3 Å². The Morgan fingerprint density at radius 1 is 1.00 bits per heavy atom. The van der Waals surface area contributed by atoms with Gasteiger partial charge in [-0.3, -0.25) is 9.59 Å². The third kappa shape index (κ3) is 6.24. The Bertz CT molecular complexity index is 927. The second kappa shape index (κ2) is 10.5. The number of carbonyl (C=O) groups excluding carboxylic acids is 2. The first-order valence-corrected chi connectivity index (χ1v) is 11.1. The normalized spacial score (nSPS) is 14.2. The van der Waals surface area contributed by atoms with E-state index in [4.69, 9.17) is 16.7 Å². The van der Waals surface area contributed by atoms with E-state index in [2.05, 4.69) is 10.6 Å². The van der Waals surface area contributed by atoms with Gasteiger partial charge in [-0.25, -0.2) is 4.79 Å². The Kier molecular flexibility index (Phi) is 7.76. The Morgan fingerprint density at radius 3 is 2.37 bits per heavy atom. The highest BCUT2D eigenvalue weighted by Gasteiger charge is 2.21. The van der Waals surface area contributed by atoms with E-state index >= 15 is 0 Å². The zero-order valence-electron chi connectivity index (χ0n) is 16.3. The molecule has 3 N–H and O–H groups in total. The van der Waals surface area contributed by atoms with Crippen LogP contribution >= 0.6 is 23.4 Å². The van der Waals surface area contributed by atoms with Crippen molar-refractivity contribution in [1.82, 2.24) is 0 Å². The lowest BCUT2D eigenvalue weighted by Gasteiger charge is -2.20. The fraction of sp³-hybridized carbons (Fsp3) is 0.318. The fourth-order valence-corrected chi connectivity index (χ4v) is 4.20. The maximum atomic E-state index is 12.3. The number of anilines is 2. The van der Waals surface area contributed by atoms with E-state index < -0.39 is 5.97 Å². The number of carboxylic acids is 1. The van der Waals surface area contributed by atoms with Crippen LogP contribution < -0.4 is 10.6 Å². The summed E-state index contributed by atoms with van der Waals surface area (Å²) in [4.78, 5) is 36.5. The molecule has 2 aromatic carbocycles. The predicted octanol–water partition coefficient (Wildman–Crippen LogP) is 5.29. The highest BCUT2D eigenvalue weighted by atomic mass is 35.5. The van der Waals surface area contributed by atoms with E-state index in [1.165, 1.54) is 36.4 Å². The van der Waals surface area contributed by atoms with Crippen molar-refractivity contribution in [1.29, 1.82) is 0 Å². The lowest BCUT2D eigenvalue weighted by atomic mass is 9.88. The van der Waals surface area contributed by atoms with E-state index in [-0.39, 0.29) is 39.8 Å². The average molecular weight is 447 g/mol. The smallest absolute Gasteiger partial charge is 0.335 e. The summed E-state index contributed by atoms with van der Waals surface area (Å²) in [5, 5.41) is 14.9. The van der Waals surface area contributed by atoms with Crippen LogP contribution in [0, 0.1) is 5.92 Å². The summed E-state index contributed by atoms with van der Waals surface area (Å²) in [5.74, 6) is -1.06. The largest absolute Gasteiger partial charge is 0.478 e. The molecule has 6 nitrogen and oxygen atoms in total. The van der Waals surface area contributed by atoms with Crippen molar-refractivity contribution in [2.45, 2.75) is 37.0 Å². The number of amides is 2. The third-order valence-electron chi connectivity index (χ3n) is 4.96. The molecule has 158 valence electrons. The molecule has 2 amide bonds. The summed E-state index contributed by atoms with van der Waals surface area (Å²) in [5.41, 5.74) is 1.06. The van der Waals surface area contributed by atoms with Crippen LogP contribution in [-0.4, -0.2) is 28.6 Å². The van der Waals surface area contributed by atoms with Gasteiger partial charge in [0.2, 0.25) is 11.8 Å². The molecule has 0 atom stereocenters. The van der Waals surface area contributed by atoms with Gasteiger partial charge >= 0.3 is 5.97 Å². The number of hydrogen-bond acceptors (Lipinski definition) is 4. The Balaban J connectivity index is 1.50. The molecule has 3 rings (SSSR count). The molecule has 0 aromatic heterocycles. The molecule has 0 saturated heterocycles. The first kappa shape index (κ1) is 22.2. The molecule has 1 fully saturated rings. The Hall–Kier alpha value is -2.51. The van der Waals surface area contributed by atoms with E-state index in [1.54, 1.807) is 0 Å². The zero-order valence-corrected chi connectivity index (χ0v) is 17.9. The lowest BCUT2D eigenvalue weighted by molar-refractivity contribution is -0.120. The van der Waals surface area contributed by atoms with Gasteiger partial charge in [0.15, 0.2) is 0 Å². The second-order valence-corrected chi connectivity index (χ2v) is 8.64. The van der Waals surface area contributed by atoms with E-state index in [9.17, 15) is 14.4 Å². The van der Waals surface area contributed by atoms with Crippen LogP contribution in [0.5, 0.6) is 0 Å². The minimum Gasteiger partial charge on any atom is -0.478 e. The summed E-state index contributed by atoms with van der Waals surface area (Å²) in [6, 6.07) is 11.5. The van der Waals surface area contributed by atoms with Gasteiger partial charge in [0.05, 0.1) is 22.0 Å². The number of carbonyl (C=O) groups is 3. The quantitative estimate of drug-likeness (QED) is 0.502. The van der Waals surface area contributed by atoms with Crippen molar-refractivity contribution in [2.75, 3.05) is 16.4 Å². The van der Waals surface area contributed by atoms with Crippen molar-refractivity contribution in [3.8, 4) is 0 Å². The van der Waals surface area contributed by atoms with E-state index in [0.717, 1.165) is 36.3 Å². The molecule has 1 aliphatic carbocycles. The number of hydrogen-bond donors (Lipinski definition) is 3. The van der Waals surface area contributed by atoms with Gasteiger partial charge in [0.1, 0.15) is 0 Å². The van der Waals surface area contributed by atoms with Gasteiger partial charge in [0.25, 0.3) is 0 Å². The van der Waals surface area contributed by atoms with Crippen LogP contribution in [0.15, 0.2) is 47.4 Å². The molecule has 0 heterocycles. The molecule has 1 saturated carbocycles. The Morgan fingerprint density at radius 2 is 1.70 bits per heavy atom. The van der Waals surface area contributed by atoms with Gasteiger partial charge in [-0.15, -0.1) is 11.8 Å². The standard InChI is InChI=1S/C22H23ClN2O4S/c23-18-11-6-15(22(28)29)12-19(18)25-20(26)13-30-17-9-7-16(8-10-17)24-21(27)14-4-2-1-3-5-14/h6-12,14H,1-5,13H2,(H,24,27)(H,25,26)(H,28,29). The average Bonchev–Trinajstić information content (AvgIpc) is 2.75. The predicted molar refractivity (Wildman–Crippen MR) is 119 cm³/mol. The molecule has 2 aromatic rings. The van der Waals surface area contributed by atoms with Crippen molar-refractivity contribution in [3.05, 3.63) is 53.1 Å². The molecule has 0 aliphatic heterocycles. The highest BCUT2D eigenvalue weighted by Crippen LogP contribution is 2.27. The van der Waals surface area contributed by atoms with Crippen LogP contribution in [0.3, 0.4) is 0 Å². The lowest BCUT2D eigenvalue weighted by Crippen LogP contribution is -2.24. The van der Waals surface area contributed by atoms with Crippen LogP contribution in [0.2, 0.25) is 5.02 Å². The molecule has 0 spiro atoms. The van der Waals surface area contributed by atoms with Gasteiger partial charge in [-0.1, -0.05) is 30.9 Å². The van der Waals surface area contributed by atoms with Gasteiger partial charge < -0.3 is 15.7 Å². The number of thioether (sulfide) groups is 1. The first-order chi connectivity index (χ1) is 14.4. The maximum Gasteiger partial charge on any atom is 0.335 e. The third-order valence-corrected chi connectivity index (χ3v) is 6.30. The van der Waals surface area contributed by atoms with Gasteiger partial charge in [-0.2, -0.15) is 0 Å². The summed E-state index contributed by atoms with van der Waals surface area (Å²) >= 11 is 7.36. The second-order valence-electron chi connectivity index (χ2n) is 7.19. The summed E-state index contributed by atoms with van der Waals surface area (Å²) in [6.07, 6.45) is 5.34.